The van der Waals surface area contributed by atoms with Gasteiger partial charge in [0, 0.05) is 47.6 Å². The van der Waals surface area contributed by atoms with Crippen LogP contribution < -0.4 is 4.57 Å². The van der Waals surface area contributed by atoms with Gasteiger partial charge in [0.05, 0.1) is 17.4 Å². The highest BCUT2D eigenvalue weighted by molar-refractivity contribution is 6.09. The molecule has 43 heavy (non-hydrogen) atoms. The molecule has 0 spiro atoms. The van der Waals surface area contributed by atoms with Crippen LogP contribution >= 0.6 is 0 Å². The van der Waals surface area contributed by atoms with Crippen LogP contribution in [0, 0.1) is 0 Å². The normalized spacial score (nSPS) is 15.1. The van der Waals surface area contributed by atoms with Crippen LogP contribution in [0.25, 0.3) is 28.2 Å². The van der Waals surface area contributed by atoms with Crippen molar-refractivity contribution in [2.24, 2.45) is 0 Å². The predicted molar refractivity (Wildman–Crippen MR) is 173 cm³/mol. The topological polar surface area (TPSA) is 51.7 Å². The summed E-state index contributed by atoms with van der Waals surface area (Å²) in [6, 6.07) is 28.9. The summed E-state index contributed by atoms with van der Waals surface area (Å²) in [5.41, 5.74) is 9.35. The second-order valence-electron chi connectivity index (χ2n) is 11.8. The Bertz CT molecular complexity index is 1730. The van der Waals surface area contributed by atoms with Crippen molar-refractivity contribution < 1.29 is 9.36 Å². The average molecular weight is 570 g/mol. The number of fused-ring (bicyclic) bond motifs is 3. The van der Waals surface area contributed by atoms with E-state index in [2.05, 4.69) is 97.3 Å². The van der Waals surface area contributed by atoms with Gasteiger partial charge < -0.3 is 0 Å². The molecule has 0 aliphatic carbocycles. The van der Waals surface area contributed by atoms with E-state index in [9.17, 15) is 4.79 Å². The SMILES string of the molecule is CCCCc1ccc(C(=O)c2ccc(-c3cn(-c4ccc5c(c4)-c4cccc[n+]4C(CC)(CC)C5CC)nn3)cc2)cc1. The second kappa shape index (κ2) is 12.1. The number of hydrogen-bond acceptors (Lipinski definition) is 3. The lowest BCUT2D eigenvalue weighted by molar-refractivity contribution is -0.762. The summed E-state index contributed by atoms with van der Waals surface area (Å²) in [4.78, 5) is 13.1. The van der Waals surface area contributed by atoms with E-state index in [1.54, 1.807) is 0 Å². The molecule has 5 aromatic rings. The van der Waals surface area contributed by atoms with Crippen molar-refractivity contribution in [2.75, 3.05) is 0 Å². The van der Waals surface area contributed by atoms with E-state index in [1.165, 1.54) is 28.8 Å². The number of aryl methyl sites for hydroxylation is 1. The van der Waals surface area contributed by atoms with E-state index in [4.69, 9.17) is 0 Å². The van der Waals surface area contributed by atoms with Gasteiger partial charge in [-0.1, -0.05) is 93.9 Å². The zero-order valence-corrected chi connectivity index (χ0v) is 25.8. The number of carbonyl (C=O) groups is 1. The molecule has 1 aliphatic rings. The number of pyridine rings is 1. The summed E-state index contributed by atoms with van der Waals surface area (Å²) >= 11 is 0. The van der Waals surface area contributed by atoms with Gasteiger partial charge in [0.15, 0.2) is 17.5 Å². The minimum atomic E-state index is 0.0324. The third kappa shape index (κ3) is 5.11. The van der Waals surface area contributed by atoms with Crippen LogP contribution in [-0.4, -0.2) is 20.8 Å². The Morgan fingerprint density at radius 1 is 0.884 bits per heavy atom. The van der Waals surface area contributed by atoms with E-state index in [1.807, 2.05) is 47.3 Å². The second-order valence-corrected chi connectivity index (χ2v) is 11.8. The molecule has 0 amide bonds. The van der Waals surface area contributed by atoms with E-state index in [0.717, 1.165) is 49.0 Å². The molecular formula is C38H41N4O+. The maximum atomic E-state index is 13.1. The predicted octanol–water partition coefficient (Wildman–Crippen LogP) is 8.48. The highest BCUT2D eigenvalue weighted by Gasteiger charge is 2.50. The average Bonchev–Trinajstić information content (AvgIpc) is 3.57. The standard InChI is InChI=1S/C38H41N4O/c1-5-9-12-27-14-16-29(17-15-27)37(43)30-20-18-28(19-21-30)35-26-42(40-39-35)31-22-23-32-33(25-31)36-13-10-11-24-41(36)38(7-3,8-4)34(32)6-2/h10-11,13-26,34H,5-9,12H2,1-4H3/q+1. The number of unbranched alkanes of at least 4 members (excludes halogenated alkanes) is 1. The molecule has 5 nitrogen and oxygen atoms in total. The maximum absolute atomic E-state index is 13.1. The highest BCUT2D eigenvalue weighted by atomic mass is 16.1. The van der Waals surface area contributed by atoms with Gasteiger partial charge in [0.25, 0.3) is 0 Å². The zero-order chi connectivity index (χ0) is 30.0. The van der Waals surface area contributed by atoms with Gasteiger partial charge in [-0.15, -0.1) is 5.10 Å². The fraction of sp³-hybridized carbons (Fsp3) is 0.316. The number of nitrogens with zero attached hydrogens (tertiary/aromatic N) is 4. The van der Waals surface area contributed by atoms with E-state index in [-0.39, 0.29) is 11.3 Å². The Balaban J connectivity index is 1.26. The number of carbonyl (C=O) groups excluding carboxylic acids is 1. The first kappa shape index (κ1) is 28.7. The lowest BCUT2D eigenvalue weighted by atomic mass is 9.69. The van der Waals surface area contributed by atoms with Crippen molar-refractivity contribution in [3.8, 4) is 28.2 Å². The molecule has 6 rings (SSSR count). The third-order valence-electron chi connectivity index (χ3n) is 9.55. The van der Waals surface area contributed by atoms with Crippen LogP contribution in [0.5, 0.6) is 0 Å². The van der Waals surface area contributed by atoms with Crippen LogP contribution in [-0.2, 0) is 12.0 Å². The Hall–Kier alpha value is -4.38. The molecule has 218 valence electrons. The maximum Gasteiger partial charge on any atom is 0.213 e. The smallest absolute Gasteiger partial charge is 0.213 e. The highest BCUT2D eigenvalue weighted by Crippen LogP contribution is 2.47. The molecule has 3 heterocycles. The Morgan fingerprint density at radius 2 is 1.60 bits per heavy atom. The Morgan fingerprint density at radius 3 is 2.28 bits per heavy atom. The third-order valence-corrected chi connectivity index (χ3v) is 9.55. The fourth-order valence-electron chi connectivity index (χ4n) is 7.09. The summed E-state index contributed by atoms with van der Waals surface area (Å²) < 4.78 is 4.37. The number of aromatic nitrogens is 4. The lowest BCUT2D eigenvalue weighted by Gasteiger charge is -2.39. The summed E-state index contributed by atoms with van der Waals surface area (Å²) in [5, 5.41) is 8.98. The molecule has 0 radical (unpaired) electrons. The lowest BCUT2D eigenvalue weighted by Crippen LogP contribution is -2.62. The summed E-state index contributed by atoms with van der Waals surface area (Å²) in [5.74, 6) is 0.475. The molecule has 3 aromatic carbocycles. The van der Waals surface area contributed by atoms with Crippen molar-refractivity contribution in [1.82, 2.24) is 15.0 Å². The first-order valence-corrected chi connectivity index (χ1v) is 15.8. The minimum absolute atomic E-state index is 0.0324. The summed E-state index contributed by atoms with van der Waals surface area (Å²) in [6.45, 7) is 9.14. The van der Waals surface area contributed by atoms with Gasteiger partial charge in [0.2, 0.25) is 5.69 Å². The van der Waals surface area contributed by atoms with Crippen molar-refractivity contribution in [3.63, 3.8) is 0 Å². The van der Waals surface area contributed by atoms with Crippen molar-refractivity contribution >= 4 is 5.78 Å². The number of benzene rings is 3. The molecule has 5 heteroatoms. The Labute approximate surface area is 255 Å². The van der Waals surface area contributed by atoms with Crippen molar-refractivity contribution in [2.45, 2.75) is 77.7 Å². The zero-order valence-electron chi connectivity index (χ0n) is 25.8. The van der Waals surface area contributed by atoms with Crippen LogP contribution in [0.4, 0.5) is 0 Å². The molecule has 0 bridgehead atoms. The van der Waals surface area contributed by atoms with Gasteiger partial charge in [-0.25, -0.2) is 4.68 Å². The molecule has 2 aromatic heterocycles. The minimum Gasteiger partial charge on any atom is -0.289 e. The molecule has 1 unspecified atom stereocenters. The molecule has 0 N–H and O–H groups in total. The van der Waals surface area contributed by atoms with Gasteiger partial charge in [-0.2, -0.15) is 4.57 Å². The summed E-state index contributed by atoms with van der Waals surface area (Å²) in [7, 11) is 0. The van der Waals surface area contributed by atoms with E-state index >= 15 is 0 Å². The van der Waals surface area contributed by atoms with E-state index in [0.29, 0.717) is 17.0 Å². The molecule has 0 saturated heterocycles. The van der Waals surface area contributed by atoms with Gasteiger partial charge in [-0.3, -0.25) is 4.79 Å². The number of hydrogen-bond donors (Lipinski definition) is 0. The molecule has 1 atom stereocenters. The molecule has 1 aliphatic heterocycles. The first-order chi connectivity index (χ1) is 21.0. The van der Waals surface area contributed by atoms with Crippen LogP contribution in [0.15, 0.2) is 97.3 Å². The fourth-order valence-corrected chi connectivity index (χ4v) is 7.09. The Kier molecular flexibility index (Phi) is 8.07. The van der Waals surface area contributed by atoms with Crippen molar-refractivity contribution in [1.29, 1.82) is 0 Å². The molecular weight excluding hydrogens is 528 g/mol. The van der Waals surface area contributed by atoms with Crippen molar-refractivity contribution in [3.05, 3.63) is 120 Å². The van der Waals surface area contributed by atoms with Gasteiger partial charge in [0.1, 0.15) is 5.69 Å². The monoisotopic (exact) mass is 569 g/mol. The molecule has 0 fully saturated rings. The van der Waals surface area contributed by atoms with Gasteiger partial charge >= 0.3 is 0 Å². The van der Waals surface area contributed by atoms with Crippen LogP contribution in [0.1, 0.15) is 92.8 Å². The van der Waals surface area contributed by atoms with E-state index < -0.39 is 0 Å². The number of ketones is 1. The first-order valence-electron chi connectivity index (χ1n) is 15.8. The molecule has 0 saturated carbocycles. The largest absolute Gasteiger partial charge is 0.289 e. The summed E-state index contributed by atoms with van der Waals surface area (Å²) in [6.07, 6.45) is 10.9. The van der Waals surface area contributed by atoms with Gasteiger partial charge in [-0.05, 0) is 48.6 Å². The quantitative estimate of drug-likeness (QED) is 0.125. The number of rotatable bonds is 10. The van der Waals surface area contributed by atoms with Crippen LogP contribution in [0.3, 0.4) is 0 Å². The van der Waals surface area contributed by atoms with Crippen LogP contribution in [0.2, 0.25) is 0 Å².